The molecular weight excluding hydrogens is 584 g/mol. The second kappa shape index (κ2) is 11.7. The van der Waals surface area contributed by atoms with Crippen molar-refractivity contribution in [3.8, 4) is 11.8 Å². The number of ether oxygens (including phenoxy) is 2. The number of carbonyl (C=O) groups excluding carboxylic acids is 1. The van der Waals surface area contributed by atoms with Gasteiger partial charge in [0, 0.05) is 15.0 Å². The van der Waals surface area contributed by atoms with Gasteiger partial charge in [0.2, 0.25) is 17.7 Å². The van der Waals surface area contributed by atoms with Gasteiger partial charge < -0.3 is 14.8 Å². The van der Waals surface area contributed by atoms with E-state index >= 15 is 0 Å². The second-order valence-corrected chi connectivity index (χ2v) is 10.5. The van der Waals surface area contributed by atoms with Crippen LogP contribution in [0.1, 0.15) is 30.5 Å². The summed E-state index contributed by atoms with van der Waals surface area (Å²) in [6.07, 6.45) is 0. The Hall–Kier alpha value is -3.16. The highest BCUT2D eigenvalue weighted by atomic mass is 79.9. The van der Waals surface area contributed by atoms with Gasteiger partial charge in [-0.15, -0.1) is 0 Å². The number of pyridine rings is 1. The third-order valence-corrected chi connectivity index (χ3v) is 6.89. The van der Waals surface area contributed by atoms with Crippen LogP contribution in [0, 0.1) is 0 Å². The van der Waals surface area contributed by atoms with Crippen molar-refractivity contribution in [2.24, 2.45) is 0 Å². The van der Waals surface area contributed by atoms with E-state index < -0.39 is 5.41 Å². The van der Waals surface area contributed by atoms with Crippen LogP contribution in [-0.2, 0) is 23.4 Å². The van der Waals surface area contributed by atoms with Crippen LogP contribution in [-0.4, -0.2) is 10.9 Å². The number of carbonyl (C=O) groups is 1. The number of nitrogens with one attached hydrogen (secondary N) is 1. The van der Waals surface area contributed by atoms with Crippen LogP contribution in [0.4, 0.5) is 5.69 Å². The Kier molecular flexibility index (Phi) is 8.44. The molecule has 1 aromatic heterocycles. The number of amides is 1. The number of nitrogens with zero attached hydrogens (tertiary/aromatic N) is 1. The first-order valence-corrected chi connectivity index (χ1v) is 13.0. The SMILES string of the molecule is CC(C)(C(=O)Nc1ccc(OCc2ccccc2)nc1OCc1ccccc1)c1cc(Br)ccc1Br. The van der Waals surface area contributed by atoms with Gasteiger partial charge in [-0.25, -0.2) is 0 Å². The lowest BCUT2D eigenvalue weighted by atomic mass is 9.83. The van der Waals surface area contributed by atoms with Crippen LogP contribution in [0.15, 0.2) is 99.9 Å². The van der Waals surface area contributed by atoms with Gasteiger partial charge in [0.25, 0.3) is 0 Å². The third kappa shape index (κ3) is 6.53. The minimum Gasteiger partial charge on any atom is -0.473 e. The fourth-order valence-electron chi connectivity index (χ4n) is 3.54. The van der Waals surface area contributed by atoms with E-state index in [1.165, 1.54) is 0 Å². The zero-order valence-corrected chi connectivity index (χ0v) is 23.2. The quantitative estimate of drug-likeness (QED) is 0.211. The van der Waals surface area contributed by atoms with Crippen LogP contribution >= 0.6 is 31.9 Å². The summed E-state index contributed by atoms with van der Waals surface area (Å²) in [4.78, 5) is 18.0. The van der Waals surface area contributed by atoms with Crippen LogP contribution in [0.3, 0.4) is 0 Å². The van der Waals surface area contributed by atoms with Gasteiger partial charge in [-0.2, -0.15) is 4.98 Å². The summed E-state index contributed by atoms with van der Waals surface area (Å²) in [5.74, 6) is 0.515. The molecule has 0 radical (unpaired) electrons. The zero-order chi connectivity index (χ0) is 25.5. The highest BCUT2D eigenvalue weighted by molar-refractivity contribution is 9.11. The monoisotopic (exact) mass is 608 g/mol. The Bertz CT molecular complexity index is 1330. The molecule has 5 nitrogen and oxygen atoms in total. The number of hydrogen-bond donors (Lipinski definition) is 1. The van der Waals surface area contributed by atoms with Gasteiger partial charge in [0.15, 0.2) is 0 Å². The van der Waals surface area contributed by atoms with Gasteiger partial charge in [0.05, 0.1) is 5.41 Å². The molecule has 4 rings (SSSR count). The Balaban J connectivity index is 1.57. The molecule has 7 heteroatoms. The molecule has 0 saturated carbocycles. The molecule has 3 aromatic carbocycles. The Morgan fingerprint density at radius 2 is 1.44 bits per heavy atom. The maximum atomic E-state index is 13.5. The van der Waals surface area contributed by atoms with Crippen molar-refractivity contribution >= 4 is 43.5 Å². The fraction of sp³-hybridized carbons (Fsp3) is 0.172. The van der Waals surface area contributed by atoms with Gasteiger partial charge in [-0.05, 0) is 54.8 Å². The van der Waals surface area contributed by atoms with E-state index in [2.05, 4.69) is 42.2 Å². The number of rotatable bonds is 9. The van der Waals surface area contributed by atoms with E-state index in [4.69, 9.17) is 9.47 Å². The van der Waals surface area contributed by atoms with Crippen molar-refractivity contribution in [3.63, 3.8) is 0 Å². The van der Waals surface area contributed by atoms with Gasteiger partial charge in [-0.1, -0.05) is 92.5 Å². The first-order valence-electron chi connectivity index (χ1n) is 11.4. The maximum absolute atomic E-state index is 13.5. The molecule has 0 saturated heterocycles. The summed E-state index contributed by atoms with van der Waals surface area (Å²) < 4.78 is 13.7. The van der Waals surface area contributed by atoms with Crippen molar-refractivity contribution in [1.82, 2.24) is 4.98 Å². The second-order valence-electron chi connectivity index (χ2n) is 8.75. The van der Waals surface area contributed by atoms with Crippen molar-refractivity contribution in [2.45, 2.75) is 32.5 Å². The Morgan fingerprint density at radius 3 is 2.08 bits per heavy atom. The number of aromatic nitrogens is 1. The lowest BCUT2D eigenvalue weighted by Crippen LogP contribution is -2.35. The fourth-order valence-corrected chi connectivity index (χ4v) is 4.65. The van der Waals surface area contributed by atoms with Crippen LogP contribution in [0.2, 0.25) is 0 Å². The molecule has 1 amide bonds. The summed E-state index contributed by atoms with van der Waals surface area (Å²) in [6, 6.07) is 28.9. The summed E-state index contributed by atoms with van der Waals surface area (Å²) in [5.41, 5.74) is 2.52. The van der Waals surface area contributed by atoms with Crippen LogP contribution < -0.4 is 14.8 Å². The lowest BCUT2D eigenvalue weighted by Gasteiger charge is -2.26. The molecule has 36 heavy (non-hydrogen) atoms. The predicted octanol–water partition coefficient (Wildman–Crippen LogP) is 7.68. The topological polar surface area (TPSA) is 60.5 Å². The molecule has 1 heterocycles. The third-order valence-electron chi connectivity index (χ3n) is 5.70. The number of benzene rings is 3. The molecule has 0 atom stereocenters. The maximum Gasteiger partial charge on any atom is 0.241 e. The van der Waals surface area contributed by atoms with Crippen molar-refractivity contribution in [3.05, 3.63) is 117 Å². The van der Waals surface area contributed by atoms with Crippen molar-refractivity contribution in [2.75, 3.05) is 5.32 Å². The van der Waals surface area contributed by atoms with Crippen LogP contribution in [0.25, 0.3) is 0 Å². The molecule has 184 valence electrons. The van der Waals surface area contributed by atoms with E-state index in [0.29, 0.717) is 30.7 Å². The molecule has 0 spiro atoms. The standard InChI is InChI=1S/C29H26Br2N2O3/c1-29(2,23-17-22(30)13-14-24(23)31)28(34)32-25-15-16-26(35-18-20-9-5-3-6-10-20)33-27(25)36-19-21-11-7-4-8-12-21/h3-17H,18-19H2,1-2H3,(H,32,34). The van der Waals surface area contributed by atoms with Gasteiger partial charge in [0.1, 0.15) is 18.9 Å². The molecule has 0 fully saturated rings. The Morgan fingerprint density at radius 1 is 0.833 bits per heavy atom. The van der Waals surface area contributed by atoms with E-state index in [9.17, 15) is 4.79 Å². The summed E-state index contributed by atoms with van der Waals surface area (Å²) in [6.45, 7) is 4.44. The summed E-state index contributed by atoms with van der Waals surface area (Å²) in [5, 5.41) is 3.02. The van der Waals surface area contributed by atoms with E-state index in [1.807, 2.05) is 92.7 Å². The van der Waals surface area contributed by atoms with Gasteiger partial charge in [-0.3, -0.25) is 4.79 Å². The molecule has 0 aliphatic rings. The molecule has 4 aromatic rings. The molecule has 0 aliphatic carbocycles. The van der Waals surface area contributed by atoms with Crippen molar-refractivity contribution in [1.29, 1.82) is 0 Å². The minimum absolute atomic E-state index is 0.189. The minimum atomic E-state index is -0.832. The smallest absolute Gasteiger partial charge is 0.241 e. The highest BCUT2D eigenvalue weighted by Gasteiger charge is 2.32. The lowest BCUT2D eigenvalue weighted by molar-refractivity contribution is -0.120. The molecule has 0 aliphatic heterocycles. The number of anilines is 1. The largest absolute Gasteiger partial charge is 0.473 e. The van der Waals surface area contributed by atoms with Gasteiger partial charge >= 0.3 is 0 Å². The molecule has 1 N–H and O–H groups in total. The predicted molar refractivity (Wildman–Crippen MR) is 149 cm³/mol. The molecular formula is C29H26Br2N2O3. The van der Waals surface area contributed by atoms with E-state index in [0.717, 1.165) is 25.6 Å². The zero-order valence-electron chi connectivity index (χ0n) is 20.0. The summed E-state index contributed by atoms with van der Waals surface area (Å²) >= 11 is 7.08. The van der Waals surface area contributed by atoms with Crippen molar-refractivity contribution < 1.29 is 14.3 Å². The average molecular weight is 610 g/mol. The van der Waals surface area contributed by atoms with Crippen LogP contribution in [0.5, 0.6) is 11.8 Å². The van der Waals surface area contributed by atoms with E-state index in [-0.39, 0.29) is 5.91 Å². The highest BCUT2D eigenvalue weighted by Crippen LogP contribution is 2.35. The molecule has 0 bridgehead atoms. The summed E-state index contributed by atoms with van der Waals surface area (Å²) in [7, 11) is 0. The first kappa shape index (κ1) is 25.9. The Labute approximate surface area is 228 Å². The number of halogens is 2. The normalized spacial score (nSPS) is 11.1. The number of hydrogen-bond acceptors (Lipinski definition) is 4. The molecule has 0 unspecified atom stereocenters. The van der Waals surface area contributed by atoms with E-state index in [1.54, 1.807) is 12.1 Å². The average Bonchev–Trinajstić information content (AvgIpc) is 2.89. The first-order chi connectivity index (χ1) is 17.3.